The van der Waals surface area contributed by atoms with Gasteiger partial charge in [-0.2, -0.15) is 5.26 Å². The van der Waals surface area contributed by atoms with Gasteiger partial charge in [0.1, 0.15) is 23.0 Å². The van der Waals surface area contributed by atoms with Crippen LogP contribution in [0.3, 0.4) is 0 Å². The van der Waals surface area contributed by atoms with Crippen molar-refractivity contribution in [1.29, 1.82) is 5.26 Å². The van der Waals surface area contributed by atoms with Gasteiger partial charge in [0.15, 0.2) is 17.3 Å². The van der Waals surface area contributed by atoms with Crippen molar-refractivity contribution in [1.82, 2.24) is 25.5 Å². The SMILES string of the molecule is CN(c1cnc(-c2ccc(-c3nc(C#N)cs3)cc2O)nn1)[C@H]1C[C@H]2CCC[C@H](N2)[C@H]1F. The highest BCUT2D eigenvalue weighted by atomic mass is 32.1. The summed E-state index contributed by atoms with van der Waals surface area (Å²) < 4.78 is 15.0. The number of halogens is 1. The predicted octanol–water partition coefficient (Wildman–Crippen LogP) is 3.30. The number of hydrogen-bond acceptors (Lipinski definition) is 9. The Labute approximate surface area is 188 Å². The fourth-order valence-electron chi connectivity index (χ4n) is 4.59. The standard InChI is InChI=1S/C22H22FN7OS/c1-30(17-8-13-3-2-4-16(26-13)20(17)23)19-10-25-21(29-28-19)15-6-5-12(7-18(15)31)22-27-14(9-24)11-32-22/h5-7,10-11,13,16-17,20,26,31H,2-4,8H2,1H3/t13-,16+,17+,20-/m1/s1. The zero-order valence-corrected chi connectivity index (χ0v) is 18.3. The summed E-state index contributed by atoms with van der Waals surface area (Å²) in [5, 5.41) is 33.6. The molecule has 4 atom stereocenters. The van der Waals surface area contributed by atoms with Crippen molar-refractivity contribution in [3.05, 3.63) is 35.5 Å². The van der Waals surface area contributed by atoms with Crippen LogP contribution in [0.2, 0.25) is 0 Å². The van der Waals surface area contributed by atoms with Crippen LogP contribution in [0.4, 0.5) is 10.2 Å². The minimum absolute atomic E-state index is 0.00545. The number of anilines is 1. The highest BCUT2D eigenvalue weighted by Gasteiger charge is 2.42. The summed E-state index contributed by atoms with van der Waals surface area (Å²) >= 11 is 1.33. The third kappa shape index (κ3) is 3.78. The van der Waals surface area contributed by atoms with Crippen LogP contribution in [0.15, 0.2) is 29.8 Å². The number of piperidine rings is 2. The molecule has 2 saturated heterocycles. The summed E-state index contributed by atoms with van der Waals surface area (Å²) in [4.78, 5) is 10.4. The lowest BCUT2D eigenvalue weighted by atomic mass is 9.82. The van der Waals surface area contributed by atoms with Gasteiger partial charge >= 0.3 is 0 Å². The molecule has 0 spiro atoms. The molecule has 1 aromatic carbocycles. The highest BCUT2D eigenvalue weighted by molar-refractivity contribution is 7.13. The molecule has 0 aliphatic carbocycles. The molecule has 0 saturated carbocycles. The number of nitrogens with one attached hydrogen (secondary N) is 1. The minimum Gasteiger partial charge on any atom is -0.507 e. The predicted molar refractivity (Wildman–Crippen MR) is 119 cm³/mol. The molecule has 0 amide bonds. The Kier molecular flexibility index (Phi) is 5.45. The first-order valence-electron chi connectivity index (χ1n) is 10.6. The van der Waals surface area contributed by atoms with Crippen molar-refractivity contribution in [3.63, 3.8) is 0 Å². The number of aromatic hydroxyl groups is 1. The number of rotatable bonds is 4. The molecular formula is C22H22FN7OS. The summed E-state index contributed by atoms with van der Waals surface area (Å²) in [5.74, 6) is 0.778. The van der Waals surface area contributed by atoms with Crippen molar-refractivity contribution in [2.75, 3.05) is 11.9 Å². The molecule has 4 heterocycles. The van der Waals surface area contributed by atoms with Crippen LogP contribution in [-0.2, 0) is 0 Å². The van der Waals surface area contributed by atoms with E-state index in [1.54, 1.807) is 29.8 Å². The molecule has 2 N–H and O–H groups in total. The fraction of sp³-hybridized carbons (Fsp3) is 0.409. The van der Waals surface area contributed by atoms with Crippen LogP contribution in [-0.4, -0.2) is 56.6 Å². The van der Waals surface area contributed by atoms with E-state index >= 15 is 4.39 Å². The van der Waals surface area contributed by atoms with Crippen molar-refractivity contribution in [2.24, 2.45) is 0 Å². The van der Waals surface area contributed by atoms with Crippen molar-refractivity contribution in [2.45, 2.75) is 50.0 Å². The lowest BCUT2D eigenvalue weighted by Crippen LogP contribution is -2.61. The third-order valence-corrected chi connectivity index (χ3v) is 7.20. The first kappa shape index (κ1) is 20.7. The molecule has 2 bridgehead atoms. The topological polar surface area (TPSA) is 111 Å². The molecule has 2 fully saturated rings. The number of nitrogens with zero attached hydrogens (tertiary/aromatic N) is 6. The number of thiazole rings is 1. The lowest BCUT2D eigenvalue weighted by molar-refractivity contribution is 0.107. The quantitative estimate of drug-likeness (QED) is 0.622. The minimum atomic E-state index is -0.970. The molecule has 8 nitrogen and oxygen atoms in total. The molecule has 5 rings (SSSR count). The maximum absolute atomic E-state index is 15.0. The zero-order chi connectivity index (χ0) is 22.2. The van der Waals surface area contributed by atoms with Gasteiger partial charge in [-0.25, -0.2) is 14.4 Å². The van der Waals surface area contributed by atoms with Crippen LogP contribution in [0.25, 0.3) is 22.0 Å². The Balaban J connectivity index is 1.35. The number of aromatic nitrogens is 4. The highest BCUT2D eigenvalue weighted by Crippen LogP contribution is 2.34. The lowest BCUT2D eigenvalue weighted by Gasteiger charge is -2.45. The number of alkyl halides is 1. The van der Waals surface area contributed by atoms with Crippen LogP contribution in [0.1, 0.15) is 31.4 Å². The van der Waals surface area contributed by atoms with Gasteiger partial charge in [-0.05, 0) is 31.4 Å². The zero-order valence-electron chi connectivity index (χ0n) is 17.4. The van der Waals surface area contributed by atoms with Crippen molar-refractivity contribution >= 4 is 17.2 Å². The average molecular weight is 452 g/mol. The summed E-state index contributed by atoms with van der Waals surface area (Å²) in [6.45, 7) is 0. The van der Waals surface area contributed by atoms with E-state index in [0.717, 1.165) is 25.7 Å². The fourth-order valence-corrected chi connectivity index (χ4v) is 5.33. The Morgan fingerprint density at radius 3 is 2.91 bits per heavy atom. The van der Waals surface area contributed by atoms with Crippen molar-refractivity contribution in [3.8, 4) is 33.8 Å². The maximum Gasteiger partial charge on any atom is 0.185 e. The van der Waals surface area contributed by atoms with E-state index in [-0.39, 0.29) is 23.7 Å². The average Bonchev–Trinajstić information content (AvgIpc) is 3.31. The number of phenols is 1. The van der Waals surface area contributed by atoms with Gasteiger partial charge in [-0.1, -0.05) is 12.5 Å². The normalized spacial score (nSPS) is 24.7. The number of hydrogen-bond donors (Lipinski definition) is 2. The first-order valence-corrected chi connectivity index (χ1v) is 11.4. The van der Waals surface area contributed by atoms with E-state index in [1.165, 1.54) is 11.3 Å². The summed E-state index contributed by atoms with van der Waals surface area (Å²) in [6.07, 6.45) is 4.33. The van der Waals surface area contributed by atoms with Gasteiger partial charge in [-0.15, -0.1) is 21.5 Å². The monoisotopic (exact) mass is 451 g/mol. The summed E-state index contributed by atoms with van der Waals surface area (Å²) in [6, 6.07) is 7.03. The van der Waals surface area contributed by atoms with E-state index in [4.69, 9.17) is 5.26 Å². The van der Waals surface area contributed by atoms with Crippen molar-refractivity contribution < 1.29 is 9.50 Å². The smallest absolute Gasteiger partial charge is 0.185 e. The number of nitriles is 1. The molecule has 2 aromatic heterocycles. The first-order chi connectivity index (χ1) is 15.5. The number of benzene rings is 1. The maximum atomic E-state index is 15.0. The van der Waals surface area contributed by atoms with Crippen LogP contribution in [0, 0.1) is 11.3 Å². The number of phenolic OH excluding ortho intramolecular Hbond substituents is 1. The molecule has 164 valence electrons. The van der Waals surface area contributed by atoms with Crippen LogP contribution >= 0.6 is 11.3 Å². The van der Waals surface area contributed by atoms with Gasteiger partial charge in [0, 0.05) is 30.1 Å². The second-order valence-corrected chi connectivity index (χ2v) is 9.14. The molecule has 10 heteroatoms. The Morgan fingerprint density at radius 2 is 2.19 bits per heavy atom. The second-order valence-electron chi connectivity index (χ2n) is 8.28. The van der Waals surface area contributed by atoms with Gasteiger partial charge in [0.25, 0.3) is 0 Å². The molecule has 2 aliphatic rings. The molecule has 0 radical (unpaired) electrons. The third-order valence-electron chi connectivity index (χ3n) is 6.31. The van der Waals surface area contributed by atoms with E-state index in [1.807, 2.05) is 18.0 Å². The molecule has 32 heavy (non-hydrogen) atoms. The summed E-state index contributed by atoms with van der Waals surface area (Å²) in [7, 11) is 1.83. The largest absolute Gasteiger partial charge is 0.507 e. The van der Waals surface area contributed by atoms with Gasteiger partial charge in [0.2, 0.25) is 0 Å². The second kappa shape index (κ2) is 8.41. The van der Waals surface area contributed by atoms with E-state index in [2.05, 4.69) is 25.5 Å². The van der Waals surface area contributed by atoms with Gasteiger partial charge in [-0.3, -0.25) is 0 Å². The Bertz CT molecular complexity index is 1160. The van der Waals surface area contributed by atoms with E-state index in [9.17, 15) is 5.11 Å². The van der Waals surface area contributed by atoms with Gasteiger partial charge < -0.3 is 15.3 Å². The van der Waals surface area contributed by atoms with Crippen LogP contribution < -0.4 is 10.2 Å². The van der Waals surface area contributed by atoms with E-state index in [0.29, 0.717) is 33.7 Å². The molecular weight excluding hydrogens is 429 g/mol. The molecule has 3 aromatic rings. The Morgan fingerprint density at radius 1 is 1.31 bits per heavy atom. The van der Waals surface area contributed by atoms with E-state index < -0.39 is 6.17 Å². The summed E-state index contributed by atoms with van der Waals surface area (Å²) in [5.41, 5.74) is 1.48. The number of fused-ring (bicyclic) bond motifs is 2. The Hall–Kier alpha value is -3.16. The molecule has 0 unspecified atom stereocenters. The molecule has 2 aliphatic heterocycles. The van der Waals surface area contributed by atoms with Gasteiger partial charge in [0.05, 0.1) is 17.8 Å². The van der Waals surface area contributed by atoms with Crippen LogP contribution in [0.5, 0.6) is 5.75 Å².